The van der Waals surface area contributed by atoms with Gasteiger partial charge in [-0.05, 0) is 6.92 Å². The molecule has 0 aromatic carbocycles. The van der Waals surface area contributed by atoms with Crippen molar-refractivity contribution in [2.24, 2.45) is 0 Å². The van der Waals surface area contributed by atoms with E-state index >= 15 is 0 Å². The first kappa shape index (κ1) is 13.5. The molecule has 0 aliphatic rings. The number of hydrogen-bond acceptors (Lipinski definition) is 4. The summed E-state index contributed by atoms with van der Waals surface area (Å²) in [5.74, 6) is 0. The molecule has 2 rings (SSSR count). The van der Waals surface area contributed by atoms with E-state index in [0.29, 0.717) is 6.54 Å². The fourth-order valence-electron chi connectivity index (χ4n) is 1.63. The molecule has 2 aromatic rings. The van der Waals surface area contributed by atoms with Gasteiger partial charge < -0.3 is 15.2 Å². The summed E-state index contributed by atoms with van der Waals surface area (Å²) in [6.45, 7) is 2.54. The predicted octanol–water partition coefficient (Wildman–Crippen LogP) is 1.81. The Kier molecular flexibility index (Phi) is 4.51. The van der Waals surface area contributed by atoms with Crippen LogP contribution in [0.4, 0.5) is 4.79 Å². The Labute approximate surface area is 115 Å². The Morgan fingerprint density at radius 3 is 3.11 bits per heavy atom. The third-order valence-electron chi connectivity index (χ3n) is 2.94. The largest absolute Gasteiger partial charge is 0.348 e. The number of carbonyl (C=O) groups is 1. The van der Waals surface area contributed by atoms with Gasteiger partial charge in [0, 0.05) is 43.5 Å². The molecule has 1 atom stereocenters. The summed E-state index contributed by atoms with van der Waals surface area (Å²) in [6.07, 6.45) is 5.88. The van der Waals surface area contributed by atoms with Crippen LogP contribution in [0.5, 0.6) is 0 Å². The minimum atomic E-state index is -0.0952. The molecule has 0 aliphatic carbocycles. The van der Waals surface area contributed by atoms with Crippen LogP contribution in [0, 0.1) is 0 Å². The van der Waals surface area contributed by atoms with Gasteiger partial charge in [-0.15, -0.1) is 11.3 Å². The average molecular weight is 279 g/mol. The number of nitrogens with one attached hydrogen (secondary N) is 2. The minimum absolute atomic E-state index is 0.0212. The first-order chi connectivity index (χ1) is 9.18. The van der Waals surface area contributed by atoms with Gasteiger partial charge in [0.25, 0.3) is 0 Å². The Bertz CT molecular complexity index is 496. The van der Waals surface area contributed by atoms with Crippen molar-refractivity contribution in [3.05, 3.63) is 34.8 Å². The fraction of sp³-hybridized carbons (Fsp3) is 0.417. The summed E-state index contributed by atoms with van der Waals surface area (Å²) >= 11 is 1.55. The second-order valence-electron chi connectivity index (χ2n) is 4.22. The molecule has 6 nitrogen and oxygen atoms in total. The molecule has 0 spiro atoms. The summed E-state index contributed by atoms with van der Waals surface area (Å²) in [5.41, 5.74) is 1.01. The quantitative estimate of drug-likeness (QED) is 0.876. The van der Waals surface area contributed by atoms with Gasteiger partial charge in [0.2, 0.25) is 0 Å². The van der Waals surface area contributed by atoms with Crippen molar-refractivity contribution in [2.75, 3.05) is 13.6 Å². The molecule has 0 radical (unpaired) electrons. The molecule has 2 heterocycles. The van der Waals surface area contributed by atoms with Crippen LogP contribution in [0.2, 0.25) is 0 Å². The number of hydrogen-bond donors (Lipinski definition) is 2. The topological polar surface area (TPSA) is 73.9 Å². The molecule has 2 N–H and O–H groups in total. The Morgan fingerprint density at radius 1 is 1.63 bits per heavy atom. The van der Waals surface area contributed by atoms with E-state index in [0.717, 1.165) is 17.1 Å². The number of amides is 2. The number of urea groups is 1. The van der Waals surface area contributed by atoms with E-state index in [1.807, 2.05) is 12.3 Å². The number of carbonyl (C=O) groups excluding carboxylic acids is 1. The van der Waals surface area contributed by atoms with E-state index < -0.39 is 0 Å². The molecule has 102 valence electrons. The van der Waals surface area contributed by atoms with Gasteiger partial charge in [0.05, 0.1) is 12.4 Å². The zero-order valence-corrected chi connectivity index (χ0v) is 11.8. The smallest absolute Gasteiger partial charge is 0.317 e. The van der Waals surface area contributed by atoms with E-state index in [9.17, 15) is 4.79 Å². The third-order valence-corrected chi connectivity index (χ3v) is 3.88. The lowest BCUT2D eigenvalue weighted by Gasteiger charge is -2.23. The van der Waals surface area contributed by atoms with E-state index in [1.165, 1.54) is 0 Å². The number of nitrogens with zero attached hydrogens (tertiary/aromatic N) is 3. The maximum Gasteiger partial charge on any atom is 0.317 e. The molecule has 0 unspecified atom stereocenters. The van der Waals surface area contributed by atoms with Gasteiger partial charge >= 0.3 is 6.03 Å². The first-order valence-corrected chi connectivity index (χ1v) is 6.93. The molecule has 0 saturated heterocycles. The Morgan fingerprint density at radius 2 is 2.47 bits per heavy atom. The summed E-state index contributed by atoms with van der Waals surface area (Å²) in [6, 6.07) is -0.116. The highest BCUT2D eigenvalue weighted by atomic mass is 32.1. The van der Waals surface area contributed by atoms with Gasteiger partial charge in [0.15, 0.2) is 0 Å². The second-order valence-corrected chi connectivity index (χ2v) is 5.14. The third kappa shape index (κ3) is 3.54. The number of thiazole rings is 1. The lowest BCUT2D eigenvalue weighted by Crippen LogP contribution is -2.39. The lowest BCUT2D eigenvalue weighted by molar-refractivity contribution is 0.194. The molecule has 19 heavy (non-hydrogen) atoms. The summed E-state index contributed by atoms with van der Waals surface area (Å²) in [4.78, 5) is 24.8. The number of aromatic nitrogens is 3. The van der Waals surface area contributed by atoms with Gasteiger partial charge in [0.1, 0.15) is 5.01 Å². The van der Waals surface area contributed by atoms with Crippen LogP contribution in [0.3, 0.4) is 0 Å². The van der Waals surface area contributed by atoms with Crippen LogP contribution in [0.25, 0.3) is 0 Å². The molecule has 2 amide bonds. The molecule has 0 fully saturated rings. The highest BCUT2D eigenvalue weighted by Gasteiger charge is 2.18. The number of rotatable bonds is 5. The number of H-pyrrole nitrogens is 1. The van der Waals surface area contributed by atoms with Gasteiger partial charge in [-0.3, -0.25) is 0 Å². The molecule has 7 heteroatoms. The van der Waals surface area contributed by atoms with Crippen LogP contribution >= 0.6 is 11.3 Å². The molecule has 0 bridgehead atoms. The summed E-state index contributed by atoms with van der Waals surface area (Å²) in [5, 5.41) is 5.73. The van der Waals surface area contributed by atoms with Crippen LogP contribution < -0.4 is 5.32 Å². The van der Waals surface area contributed by atoms with Gasteiger partial charge in [-0.25, -0.2) is 14.8 Å². The van der Waals surface area contributed by atoms with Gasteiger partial charge in [-0.1, -0.05) is 0 Å². The van der Waals surface area contributed by atoms with Gasteiger partial charge in [-0.2, -0.15) is 0 Å². The van der Waals surface area contributed by atoms with E-state index in [1.54, 1.807) is 42.0 Å². The standard InChI is InChI=1S/C12H17N5OS/c1-9(11-14-5-6-19-11)17(2)12(18)15-4-3-10-7-13-8-16-10/h5-9H,3-4H2,1-2H3,(H,13,16)(H,15,18)/t9-/m1/s1. The van der Waals surface area contributed by atoms with E-state index in [4.69, 9.17) is 0 Å². The van der Waals surface area contributed by atoms with Crippen molar-refractivity contribution in [2.45, 2.75) is 19.4 Å². The average Bonchev–Trinajstić information content (AvgIpc) is 3.09. The Hall–Kier alpha value is -1.89. The van der Waals surface area contributed by atoms with Crippen LogP contribution in [-0.2, 0) is 6.42 Å². The molecule has 0 aliphatic heterocycles. The fourth-order valence-corrected chi connectivity index (χ4v) is 2.37. The van der Waals surface area contributed by atoms with Crippen molar-refractivity contribution in [1.82, 2.24) is 25.2 Å². The monoisotopic (exact) mass is 279 g/mol. The highest BCUT2D eigenvalue weighted by molar-refractivity contribution is 7.09. The van der Waals surface area contributed by atoms with Crippen molar-refractivity contribution in [3.63, 3.8) is 0 Å². The zero-order chi connectivity index (χ0) is 13.7. The molecule has 0 saturated carbocycles. The number of imidazole rings is 1. The molecule has 2 aromatic heterocycles. The lowest BCUT2D eigenvalue weighted by atomic mass is 10.3. The van der Waals surface area contributed by atoms with Crippen molar-refractivity contribution in [1.29, 1.82) is 0 Å². The maximum atomic E-state index is 12.0. The Balaban J connectivity index is 1.79. The molecular weight excluding hydrogens is 262 g/mol. The normalized spacial score (nSPS) is 12.1. The summed E-state index contributed by atoms with van der Waals surface area (Å²) < 4.78 is 0. The van der Waals surface area contributed by atoms with Crippen LogP contribution in [0.15, 0.2) is 24.1 Å². The number of aromatic amines is 1. The van der Waals surface area contributed by atoms with E-state index in [-0.39, 0.29) is 12.1 Å². The van der Waals surface area contributed by atoms with E-state index in [2.05, 4.69) is 20.3 Å². The summed E-state index contributed by atoms with van der Waals surface area (Å²) in [7, 11) is 1.78. The maximum absolute atomic E-state index is 12.0. The van der Waals surface area contributed by atoms with Crippen molar-refractivity contribution < 1.29 is 4.79 Å². The highest BCUT2D eigenvalue weighted by Crippen LogP contribution is 2.20. The van der Waals surface area contributed by atoms with Crippen molar-refractivity contribution in [3.8, 4) is 0 Å². The minimum Gasteiger partial charge on any atom is -0.348 e. The SMILES string of the molecule is C[C@H](c1nccs1)N(C)C(=O)NCCc1cnc[nH]1. The van der Waals surface area contributed by atoms with Crippen molar-refractivity contribution >= 4 is 17.4 Å². The molecular formula is C12H17N5OS. The zero-order valence-electron chi connectivity index (χ0n) is 11.0. The first-order valence-electron chi connectivity index (χ1n) is 6.05. The second kappa shape index (κ2) is 6.33. The predicted molar refractivity (Wildman–Crippen MR) is 74.0 cm³/mol. The van der Waals surface area contributed by atoms with Crippen LogP contribution in [0.1, 0.15) is 23.7 Å². The van der Waals surface area contributed by atoms with Crippen LogP contribution in [-0.4, -0.2) is 39.5 Å².